The van der Waals surface area contributed by atoms with Crippen molar-refractivity contribution in [2.75, 3.05) is 0 Å². The number of rotatable bonds is 0. The van der Waals surface area contributed by atoms with E-state index >= 15 is 0 Å². The molecular formula is C15H8ClNS. The predicted octanol–water partition coefficient (Wildman–Crippen LogP) is 5.26. The normalized spacial score (nSPS) is 11.6. The Morgan fingerprint density at radius 3 is 2.89 bits per heavy atom. The molecule has 0 aliphatic carbocycles. The standard InChI is InChI=1S/C15H8ClNS/c16-10-4-6-13-12(8-10)11-5-3-9-2-1-7-17-14(9)15(11)18-13/h1-8H. The lowest BCUT2D eigenvalue weighted by Crippen LogP contribution is -1.76. The lowest BCUT2D eigenvalue weighted by atomic mass is 10.1. The van der Waals surface area contributed by atoms with E-state index in [-0.39, 0.29) is 0 Å². The Hall–Kier alpha value is -1.64. The van der Waals surface area contributed by atoms with Crippen LogP contribution in [0.4, 0.5) is 0 Å². The summed E-state index contributed by atoms with van der Waals surface area (Å²) in [6.07, 6.45) is 1.85. The van der Waals surface area contributed by atoms with Gasteiger partial charge in [-0.2, -0.15) is 0 Å². The van der Waals surface area contributed by atoms with Gasteiger partial charge in [-0.3, -0.25) is 4.98 Å². The lowest BCUT2D eigenvalue weighted by Gasteiger charge is -1.97. The van der Waals surface area contributed by atoms with Crippen molar-refractivity contribution in [2.24, 2.45) is 0 Å². The number of fused-ring (bicyclic) bond motifs is 5. The van der Waals surface area contributed by atoms with Gasteiger partial charge in [-0.1, -0.05) is 29.8 Å². The molecule has 0 unspecified atom stereocenters. The average Bonchev–Trinajstić information content (AvgIpc) is 2.77. The second kappa shape index (κ2) is 3.67. The van der Waals surface area contributed by atoms with Crippen molar-refractivity contribution >= 4 is 54.0 Å². The fourth-order valence-electron chi connectivity index (χ4n) is 2.35. The lowest BCUT2D eigenvalue weighted by molar-refractivity contribution is 1.43. The zero-order valence-corrected chi connectivity index (χ0v) is 10.9. The molecule has 86 valence electrons. The molecule has 3 heteroatoms. The minimum Gasteiger partial charge on any atom is -0.255 e. The molecular weight excluding hydrogens is 262 g/mol. The molecule has 0 aliphatic rings. The molecule has 0 spiro atoms. The van der Waals surface area contributed by atoms with Crippen molar-refractivity contribution in [3.8, 4) is 0 Å². The highest BCUT2D eigenvalue weighted by molar-refractivity contribution is 7.26. The van der Waals surface area contributed by atoms with E-state index in [1.807, 2.05) is 24.4 Å². The maximum Gasteiger partial charge on any atom is 0.0880 e. The third-order valence-corrected chi connectivity index (χ3v) is 4.60. The number of halogens is 1. The summed E-state index contributed by atoms with van der Waals surface area (Å²) in [5.41, 5.74) is 1.08. The van der Waals surface area contributed by atoms with Gasteiger partial charge < -0.3 is 0 Å². The van der Waals surface area contributed by atoms with Crippen molar-refractivity contribution in [3.05, 3.63) is 53.7 Å². The van der Waals surface area contributed by atoms with Gasteiger partial charge in [-0.05, 0) is 24.3 Å². The molecule has 0 saturated carbocycles. The quantitative estimate of drug-likeness (QED) is 0.424. The molecule has 0 N–H and O–H groups in total. The Labute approximate surface area is 113 Å². The van der Waals surface area contributed by atoms with Crippen molar-refractivity contribution in [3.63, 3.8) is 0 Å². The molecule has 0 amide bonds. The van der Waals surface area contributed by atoms with Crippen LogP contribution in [-0.2, 0) is 0 Å². The molecule has 18 heavy (non-hydrogen) atoms. The first-order valence-corrected chi connectivity index (χ1v) is 6.88. The maximum atomic E-state index is 6.08. The molecule has 0 aliphatic heterocycles. The number of thiophene rings is 1. The Morgan fingerprint density at radius 2 is 1.94 bits per heavy atom. The van der Waals surface area contributed by atoms with Gasteiger partial charge >= 0.3 is 0 Å². The summed E-state index contributed by atoms with van der Waals surface area (Å²) >= 11 is 7.86. The summed E-state index contributed by atoms with van der Waals surface area (Å²) in [5, 5.41) is 4.42. The number of benzene rings is 2. The van der Waals surface area contributed by atoms with Crippen LogP contribution in [0.3, 0.4) is 0 Å². The number of hydrogen-bond acceptors (Lipinski definition) is 2. The van der Waals surface area contributed by atoms with Crippen LogP contribution in [0.25, 0.3) is 31.1 Å². The van der Waals surface area contributed by atoms with Crippen LogP contribution in [0.1, 0.15) is 0 Å². The maximum absolute atomic E-state index is 6.08. The molecule has 2 heterocycles. The first-order valence-electron chi connectivity index (χ1n) is 5.68. The third-order valence-electron chi connectivity index (χ3n) is 3.17. The molecule has 2 aromatic heterocycles. The minimum absolute atomic E-state index is 0.781. The molecule has 4 rings (SSSR count). The van der Waals surface area contributed by atoms with Gasteiger partial charge in [-0.25, -0.2) is 0 Å². The van der Waals surface area contributed by atoms with Gasteiger partial charge in [0.2, 0.25) is 0 Å². The largest absolute Gasteiger partial charge is 0.255 e. The van der Waals surface area contributed by atoms with Gasteiger partial charge in [0.05, 0.1) is 10.2 Å². The number of pyridine rings is 1. The van der Waals surface area contributed by atoms with Gasteiger partial charge in [0.1, 0.15) is 0 Å². The van der Waals surface area contributed by atoms with Crippen LogP contribution in [0.5, 0.6) is 0 Å². The first kappa shape index (κ1) is 10.3. The Kier molecular flexibility index (Phi) is 2.10. The van der Waals surface area contributed by atoms with Crippen LogP contribution in [0.15, 0.2) is 48.7 Å². The fourth-order valence-corrected chi connectivity index (χ4v) is 3.71. The number of nitrogens with zero attached hydrogens (tertiary/aromatic N) is 1. The molecule has 2 aromatic carbocycles. The Bertz CT molecular complexity index is 895. The van der Waals surface area contributed by atoms with E-state index < -0.39 is 0 Å². The first-order chi connectivity index (χ1) is 8.83. The monoisotopic (exact) mass is 269 g/mol. The van der Waals surface area contributed by atoms with E-state index in [0.717, 1.165) is 10.5 Å². The predicted molar refractivity (Wildman–Crippen MR) is 79.6 cm³/mol. The van der Waals surface area contributed by atoms with Gasteiger partial charge in [-0.15, -0.1) is 11.3 Å². The van der Waals surface area contributed by atoms with E-state index in [9.17, 15) is 0 Å². The highest BCUT2D eigenvalue weighted by atomic mass is 35.5. The topological polar surface area (TPSA) is 12.9 Å². The number of aromatic nitrogens is 1. The Balaban J connectivity index is 2.30. The molecule has 4 aromatic rings. The van der Waals surface area contributed by atoms with Gasteiger partial charge in [0.15, 0.2) is 0 Å². The van der Waals surface area contributed by atoms with Crippen LogP contribution >= 0.6 is 22.9 Å². The zero-order chi connectivity index (χ0) is 12.1. The van der Waals surface area contributed by atoms with E-state index in [4.69, 9.17) is 11.6 Å². The van der Waals surface area contributed by atoms with Crippen LogP contribution in [0.2, 0.25) is 5.02 Å². The molecule has 0 bridgehead atoms. The van der Waals surface area contributed by atoms with Crippen molar-refractivity contribution in [1.29, 1.82) is 0 Å². The summed E-state index contributed by atoms with van der Waals surface area (Å²) in [6.45, 7) is 0. The van der Waals surface area contributed by atoms with Crippen LogP contribution < -0.4 is 0 Å². The summed E-state index contributed by atoms with van der Waals surface area (Å²) in [6, 6.07) is 14.4. The SMILES string of the molecule is Clc1ccc2sc3c(ccc4cccnc43)c2c1. The molecule has 0 radical (unpaired) electrons. The minimum atomic E-state index is 0.781. The third kappa shape index (κ3) is 1.36. The van der Waals surface area contributed by atoms with E-state index in [0.29, 0.717) is 0 Å². The van der Waals surface area contributed by atoms with E-state index in [1.54, 1.807) is 11.3 Å². The molecule has 0 atom stereocenters. The summed E-state index contributed by atoms with van der Waals surface area (Å²) < 4.78 is 2.50. The second-order valence-corrected chi connectivity index (χ2v) is 5.75. The average molecular weight is 270 g/mol. The van der Waals surface area contributed by atoms with E-state index in [1.165, 1.54) is 25.6 Å². The Morgan fingerprint density at radius 1 is 1.00 bits per heavy atom. The number of hydrogen-bond donors (Lipinski definition) is 0. The van der Waals surface area contributed by atoms with Crippen molar-refractivity contribution in [1.82, 2.24) is 4.98 Å². The molecule has 1 nitrogen and oxygen atoms in total. The zero-order valence-electron chi connectivity index (χ0n) is 9.35. The smallest absolute Gasteiger partial charge is 0.0880 e. The summed E-state index contributed by atoms with van der Waals surface area (Å²) in [4.78, 5) is 4.50. The van der Waals surface area contributed by atoms with Crippen molar-refractivity contribution < 1.29 is 0 Å². The highest BCUT2D eigenvalue weighted by Crippen LogP contribution is 2.38. The van der Waals surface area contributed by atoms with E-state index in [2.05, 4.69) is 29.2 Å². The fraction of sp³-hybridized carbons (Fsp3) is 0. The van der Waals surface area contributed by atoms with Gasteiger partial charge in [0, 0.05) is 32.1 Å². The van der Waals surface area contributed by atoms with Crippen LogP contribution in [0, 0.1) is 0 Å². The highest BCUT2D eigenvalue weighted by Gasteiger charge is 2.08. The molecule has 0 fully saturated rings. The summed E-state index contributed by atoms with van der Waals surface area (Å²) in [7, 11) is 0. The van der Waals surface area contributed by atoms with Crippen molar-refractivity contribution in [2.45, 2.75) is 0 Å². The second-order valence-electron chi connectivity index (χ2n) is 4.26. The molecule has 0 saturated heterocycles. The van der Waals surface area contributed by atoms with Crippen LogP contribution in [-0.4, -0.2) is 4.98 Å². The summed E-state index contributed by atoms with van der Waals surface area (Å²) in [5.74, 6) is 0. The van der Waals surface area contributed by atoms with Gasteiger partial charge in [0.25, 0.3) is 0 Å².